The summed E-state index contributed by atoms with van der Waals surface area (Å²) >= 11 is 0. The maximum absolute atomic E-state index is 12.9. The molecule has 6 nitrogen and oxygen atoms in total. The molecule has 388 valence electrons. The number of ether oxygens (including phenoxy) is 3. The molecule has 0 aliphatic rings. The van der Waals surface area contributed by atoms with Crippen LogP contribution in [-0.2, 0) is 28.6 Å². The van der Waals surface area contributed by atoms with Gasteiger partial charge < -0.3 is 14.2 Å². The van der Waals surface area contributed by atoms with Crippen molar-refractivity contribution in [2.75, 3.05) is 13.2 Å². The van der Waals surface area contributed by atoms with Crippen LogP contribution in [0, 0.1) is 0 Å². The molecule has 68 heavy (non-hydrogen) atoms. The molecule has 0 saturated carbocycles. The lowest BCUT2D eigenvalue weighted by Crippen LogP contribution is -2.30. The summed E-state index contributed by atoms with van der Waals surface area (Å²) in [4.78, 5) is 38.1. The molecule has 0 fully saturated rings. The first-order valence-electron chi connectivity index (χ1n) is 28.2. The van der Waals surface area contributed by atoms with Crippen LogP contribution in [0.2, 0.25) is 0 Å². The summed E-state index contributed by atoms with van der Waals surface area (Å²) < 4.78 is 16.8. The zero-order valence-electron chi connectivity index (χ0n) is 44.3. The molecule has 0 N–H and O–H groups in total. The first-order chi connectivity index (χ1) is 33.5. The molecule has 0 heterocycles. The average Bonchev–Trinajstić information content (AvgIpc) is 3.34. The Bertz CT molecular complexity index is 1360. The molecule has 0 spiro atoms. The Hall–Kier alpha value is -3.67. The number of unbranched alkanes of at least 4 members (excludes halogenated alkanes) is 23. The maximum atomic E-state index is 12.9. The molecule has 0 aliphatic heterocycles. The molecule has 0 saturated heterocycles. The van der Waals surface area contributed by atoms with Crippen LogP contribution in [0.25, 0.3) is 0 Å². The standard InChI is InChI=1S/C62H104O6/c1-4-7-10-13-16-19-22-25-28-30-31-33-34-37-40-43-46-49-52-55-61(64)67-58-59(57-66-60(63)54-51-48-45-42-39-36-27-24-21-18-15-12-9-6-3)68-62(65)56-53-50-47-44-41-38-35-32-29-26-23-20-17-14-11-8-5-2/h7,9-10,12,16,18-19,21,25-26,28-29,31,33,37,40,59H,4-6,8,11,13-15,17,20,22-24,27,30,32,34-36,38-39,41-58H2,1-3H3/b10-7-,12-9-,19-16-,21-18-,28-25-,29-26-,33-31-,40-37-. The number of rotatable bonds is 50. The lowest BCUT2D eigenvalue weighted by Gasteiger charge is -2.18. The minimum absolute atomic E-state index is 0.0946. The van der Waals surface area contributed by atoms with Crippen molar-refractivity contribution in [1.29, 1.82) is 0 Å². The van der Waals surface area contributed by atoms with Gasteiger partial charge in [-0.25, -0.2) is 0 Å². The first-order valence-corrected chi connectivity index (χ1v) is 28.2. The molecule has 0 aromatic carbocycles. The van der Waals surface area contributed by atoms with Gasteiger partial charge in [-0.05, 0) is 116 Å². The lowest BCUT2D eigenvalue weighted by molar-refractivity contribution is -0.167. The number of hydrogen-bond acceptors (Lipinski definition) is 6. The summed E-state index contributed by atoms with van der Waals surface area (Å²) in [5, 5.41) is 0. The molecule has 0 amide bonds. The molecule has 1 unspecified atom stereocenters. The van der Waals surface area contributed by atoms with E-state index >= 15 is 0 Å². The molecule has 0 bridgehead atoms. The van der Waals surface area contributed by atoms with Gasteiger partial charge >= 0.3 is 17.9 Å². The van der Waals surface area contributed by atoms with Crippen molar-refractivity contribution in [3.8, 4) is 0 Å². The van der Waals surface area contributed by atoms with Gasteiger partial charge in [-0.2, -0.15) is 0 Å². The van der Waals surface area contributed by atoms with Gasteiger partial charge in [-0.3, -0.25) is 14.4 Å². The topological polar surface area (TPSA) is 78.9 Å². The summed E-state index contributed by atoms with van der Waals surface area (Å²) in [7, 11) is 0. The minimum Gasteiger partial charge on any atom is -0.462 e. The number of carbonyl (C=O) groups is 3. The fraction of sp³-hybridized carbons (Fsp3) is 0.694. The average molecular weight is 946 g/mol. The van der Waals surface area contributed by atoms with Crippen molar-refractivity contribution < 1.29 is 28.6 Å². The molecular weight excluding hydrogens is 841 g/mol. The van der Waals surface area contributed by atoms with Gasteiger partial charge in [0.15, 0.2) is 6.10 Å². The normalized spacial score (nSPS) is 12.8. The third kappa shape index (κ3) is 53.3. The van der Waals surface area contributed by atoms with Crippen LogP contribution in [0.4, 0.5) is 0 Å². The summed E-state index contributed by atoms with van der Waals surface area (Å²) in [6.45, 7) is 6.38. The Kier molecular flexibility index (Phi) is 52.9. The number of esters is 3. The molecule has 0 aromatic rings. The highest BCUT2D eigenvalue weighted by Gasteiger charge is 2.19. The fourth-order valence-corrected chi connectivity index (χ4v) is 7.62. The number of carbonyl (C=O) groups excluding carboxylic acids is 3. The molecule has 0 aromatic heterocycles. The van der Waals surface area contributed by atoms with Crippen molar-refractivity contribution in [2.45, 2.75) is 264 Å². The summed E-state index contributed by atoms with van der Waals surface area (Å²) in [6.07, 6.45) is 73.9. The number of hydrogen-bond donors (Lipinski definition) is 0. The van der Waals surface area contributed by atoms with Crippen LogP contribution in [0.1, 0.15) is 258 Å². The van der Waals surface area contributed by atoms with Gasteiger partial charge in [-0.15, -0.1) is 0 Å². The van der Waals surface area contributed by atoms with Gasteiger partial charge in [0, 0.05) is 19.3 Å². The quantitative estimate of drug-likeness (QED) is 0.0262. The van der Waals surface area contributed by atoms with Gasteiger partial charge in [0.1, 0.15) is 13.2 Å². The second-order valence-electron chi connectivity index (χ2n) is 18.4. The van der Waals surface area contributed by atoms with Gasteiger partial charge in [0.25, 0.3) is 0 Å². The molecular formula is C62H104O6. The Labute approximate surface area is 419 Å². The second kappa shape index (κ2) is 55.9. The largest absolute Gasteiger partial charge is 0.462 e. The zero-order valence-corrected chi connectivity index (χ0v) is 44.3. The third-order valence-electron chi connectivity index (χ3n) is 11.8. The highest BCUT2D eigenvalue weighted by Crippen LogP contribution is 2.14. The van der Waals surface area contributed by atoms with Crippen molar-refractivity contribution >= 4 is 17.9 Å². The minimum atomic E-state index is -0.798. The molecule has 0 aliphatic carbocycles. The van der Waals surface area contributed by atoms with Gasteiger partial charge in [0.05, 0.1) is 0 Å². The van der Waals surface area contributed by atoms with Crippen LogP contribution in [0.3, 0.4) is 0 Å². The zero-order chi connectivity index (χ0) is 49.3. The van der Waals surface area contributed by atoms with E-state index in [0.717, 1.165) is 116 Å². The van der Waals surface area contributed by atoms with E-state index in [0.29, 0.717) is 19.3 Å². The summed E-state index contributed by atoms with van der Waals surface area (Å²) in [5.41, 5.74) is 0. The third-order valence-corrected chi connectivity index (χ3v) is 11.8. The van der Waals surface area contributed by atoms with Crippen LogP contribution in [0.15, 0.2) is 97.2 Å². The lowest BCUT2D eigenvalue weighted by atomic mass is 10.1. The highest BCUT2D eigenvalue weighted by atomic mass is 16.6. The van der Waals surface area contributed by atoms with Crippen LogP contribution in [0.5, 0.6) is 0 Å². The van der Waals surface area contributed by atoms with E-state index in [1.165, 1.54) is 103 Å². The van der Waals surface area contributed by atoms with Crippen molar-refractivity contribution in [3.05, 3.63) is 97.2 Å². The van der Waals surface area contributed by atoms with Crippen molar-refractivity contribution in [1.82, 2.24) is 0 Å². The van der Waals surface area contributed by atoms with E-state index in [1.807, 2.05) is 0 Å². The van der Waals surface area contributed by atoms with Crippen molar-refractivity contribution in [3.63, 3.8) is 0 Å². The van der Waals surface area contributed by atoms with E-state index in [2.05, 4.69) is 118 Å². The molecule has 0 radical (unpaired) electrons. The summed E-state index contributed by atoms with van der Waals surface area (Å²) in [6, 6.07) is 0. The predicted octanol–water partition coefficient (Wildman–Crippen LogP) is 18.9. The van der Waals surface area contributed by atoms with E-state index < -0.39 is 6.10 Å². The summed E-state index contributed by atoms with van der Waals surface area (Å²) in [5.74, 6) is -0.938. The van der Waals surface area contributed by atoms with E-state index in [-0.39, 0.29) is 31.1 Å². The Morgan fingerprint density at radius 2 is 0.574 bits per heavy atom. The SMILES string of the molecule is CC/C=C\C/C=C\C/C=C\C/C=C\C/C=C\CCCCCC(=O)OCC(COC(=O)CCCCCCCCC/C=C\C/C=C\CC)OC(=O)CCCCCCCCC/C=C\CCCCCCCC. The fourth-order valence-electron chi connectivity index (χ4n) is 7.62. The van der Waals surface area contributed by atoms with Crippen LogP contribution < -0.4 is 0 Å². The smallest absolute Gasteiger partial charge is 0.306 e. The van der Waals surface area contributed by atoms with Gasteiger partial charge in [-0.1, -0.05) is 221 Å². The number of allylic oxidation sites excluding steroid dienone is 16. The molecule has 1 atom stereocenters. The van der Waals surface area contributed by atoms with Gasteiger partial charge in [0.2, 0.25) is 0 Å². The Morgan fingerprint density at radius 1 is 0.309 bits per heavy atom. The highest BCUT2D eigenvalue weighted by molar-refractivity contribution is 5.71. The van der Waals surface area contributed by atoms with E-state index in [4.69, 9.17) is 14.2 Å². The first kappa shape index (κ1) is 64.3. The maximum Gasteiger partial charge on any atom is 0.306 e. The van der Waals surface area contributed by atoms with Crippen molar-refractivity contribution in [2.24, 2.45) is 0 Å². The second-order valence-corrected chi connectivity index (χ2v) is 18.4. The Balaban J connectivity index is 4.46. The molecule has 6 heteroatoms. The Morgan fingerprint density at radius 3 is 0.926 bits per heavy atom. The predicted molar refractivity (Wildman–Crippen MR) is 293 cm³/mol. The molecule has 0 rings (SSSR count). The van der Waals surface area contributed by atoms with E-state index in [9.17, 15) is 14.4 Å². The van der Waals surface area contributed by atoms with Crippen LogP contribution in [-0.4, -0.2) is 37.2 Å². The monoisotopic (exact) mass is 945 g/mol. The van der Waals surface area contributed by atoms with E-state index in [1.54, 1.807) is 0 Å². The van der Waals surface area contributed by atoms with Crippen LogP contribution >= 0.6 is 0 Å².